The van der Waals surface area contributed by atoms with Gasteiger partial charge in [-0.2, -0.15) is 0 Å². The molecule has 0 bridgehead atoms. The molecule has 2 aromatic rings. The third-order valence-electron chi connectivity index (χ3n) is 4.92. The van der Waals surface area contributed by atoms with Gasteiger partial charge in [0, 0.05) is 5.92 Å². The van der Waals surface area contributed by atoms with E-state index in [0.717, 1.165) is 5.92 Å². The normalized spacial score (nSPS) is 21.4. The van der Waals surface area contributed by atoms with E-state index < -0.39 is 0 Å². The molecule has 1 aliphatic rings. The molecule has 0 nitrogen and oxygen atoms in total. The molecule has 0 radical (unpaired) electrons. The summed E-state index contributed by atoms with van der Waals surface area (Å²) in [6.07, 6.45) is 8.84. The van der Waals surface area contributed by atoms with Gasteiger partial charge in [0.05, 0.1) is 0 Å². The molecular formula is C23H26. The molecule has 0 heteroatoms. The maximum absolute atomic E-state index is 2.38. The molecule has 2 atom stereocenters. The standard InChI is InChI=1S/C23H26/c1-4-5-9-18(3)19-11-8-12-21(16-19)23-15-17(2)14-20-10-6-7-13-22(20)23/h4-13,16-17,23H,14-15H2,1-3H3/b5-4-,18-9+/t17-,23+/m1/s1. The second-order valence-corrected chi connectivity index (χ2v) is 6.80. The van der Waals surface area contributed by atoms with E-state index in [2.05, 4.69) is 87.5 Å². The molecule has 0 N–H and O–H groups in total. The number of hydrogen-bond acceptors (Lipinski definition) is 0. The van der Waals surface area contributed by atoms with E-state index in [1.165, 1.54) is 40.7 Å². The molecule has 0 aromatic heterocycles. The molecule has 0 aliphatic heterocycles. The monoisotopic (exact) mass is 302 g/mol. The zero-order valence-corrected chi connectivity index (χ0v) is 14.4. The van der Waals surface area contributed by atoms with Crippen molar-refractivity contribution in [3.8, 4) is 0 Å². The van der Waals surface area contributed by atoms with Crippen LogP contribution in [0.4, 0.5) is 0 Å². The summed E-state index contributed by atoms with van der Waals surface area (Å²) in [5.74, 6) is 1.28. The molecule has 0 unspecified atom stereocenters. The van der Waals surface area contributed by atoms with Crippen LogP contribution in [0.1, 0.15) is 55.4 Å². The number of hydrogen-bond donors (Lipinski definition) is 0. The number of allylic oxidation sites excluding steroid dienone is 4. The number of rotatable bonds is 3. The van der Waals surface area contributed by atoms with E-state index in [1.807, 2.05) is 0 Å². The van der Waals surface area contributed by atoms with Gasteiger partial charge in [0.15, 0.2) is 0 Å². The Kier molecular flexibility index (Phi) is 4.81. The van der Waals surface area contributed by atoms with Crippen LogP contribution < -0.4 is 0 Å². The highest BCUT2D eigenvalue weighted by Crippen LogP contribution is 2.39. The zero-order chi connectivity index (χ0) is 16.2. The largest absolute Gasteiger partial charge is 0.0877 e. The first-order chi connectivity index (χ1) is 11.2. The molecule has 23 heavy (non-hydrogen) atoms. The molecule has 3 rings (SSSR count). The van der Waals surface area contributed by atoms with Gasteiger partial charge in [-0.3, -0.25) is 0 Å². The second-order valence-electron chi connectivity index (χ2n) is 6.80. The van der Waals surface area contributed by atoms with Crippen molar-refractivity contribution in [2.75, 3.05) is 0 Å². The first kappa shape index (κ1) is 15.8. The Balaban J connectivity index is 1.99. The van der Waals surface area contributed by atoms with E-state index in [-0.39, 0.29) is 0 Å². The highest BCUT2D eigenvalue weighted by Gasteiger charge is 2.25. The van der Waals surface area contributed by atoms with Gasteiger partial charge >= 0.3 is 0 Å². The summed E-state index contributed by atoms with van der Waals surface area (Å²) in [7, 11) is 0. The van der Waals surface area contributed by atoms with Gasteiger partial charge < -0.3 is 0 Å². The van der Waals surface area contributed by atoms with Crippen LogP contribution in [-0.4, -0.2) is 0 Å². The molecule has 1 aliphatic carbocycles. The fraction of sp³-hybridized carbons (Fsp3) is 0.304. The summed E-state index contributed by atoms with van der Waals surface area (Å²) in [6, 6.07) is 18.1. The van der Waals surface area contributed by atoms with Crippen LogP contribution in [0.3, 0.4) is 0 Å². The minimum atomic E-state index is 0.532. The van der Waals surface area contributed by atoms with E-state index in [0.29, 0.717) is 5.92 Å². The summed E-state index contributed by atoms with van der Waals surface area (Å²) in [5.41, 5.74) is 7.16. The maximum atomic E-state index is 2.38. The Labute approximate surface area is 140 Å². The van der Waals surface area contributed by atoms with E-state index in [9.17, 15) is 0 Å². The molecule has 0 saturated carbocycles. The van der Waals surface area contributed by atoms with Crippen molar-refractivity contribution in [1.82, 2.24) is 0 Å². The topological polar surface area (TPSA) is 0 Å². The number of fused-ring (bicyclic) bond motifs is 1. The molecule has 0 fully saturated rings. The Morgan fingerprint density at radius 1 is 1.09 bits per heavy atom. The lowest BCUT2D eigenvalue weighted by Crippen LogP contribution is -2.17. The van der Waals surface area contributed by atoms with Crippen molar-refractivity contribution in [1.29, 1.82) is 0 Å². The third kappa shape index (κ3) is 3.47. The van der Waals surface area contributed by atoms with Crippen LogP contribution in [0, 0.1) is 5.92 Å². The summed E-state index contributed by atoms with van der Waals surface area (Å²) in [4.78, 5) is 0. The van der Waals surface area contributed by atoms with Gasteiger partial charge in [-0.15, -0.1) is 0 Å². The van der Waals surface area contributed by atoms with Crippen molar-refractivity contribution in [3.05, 3.63) is 89.0 Å². The van der Waals surface area contributed by atoms with Crippen LogP contribution in [0.2, 0.25) is 0 Å². The average Bonchev–Trinajstić information content (AvgIpc) is 2.59. The SMILES string of the molecule is C/C=C\C=C(/C)c1cccc([C@@H]2C[C@H](C)Cc3ccccc32)c1. The minimum Gasteiger partial charge on any atom is -0.0877 e. The van der Waals surface area contributed by atoms with Crippen molar-refractivity contribution in [2.24, 2.45) is 5.92 Å². The summed E-state index contributed by atoms with van der Waals surface area (Å²) >= 11 is 0. The summed E-state index contributed by atoms with van der Waals surface area (Å²) in [5, 5.41) is 0. The predicted octanol–water partition coefficient (Wildman–Crippen LogP) is 6.38. The van der Waals surface area contributed by atoms with Crippen molar-refractivity contribution in [3.63, 3.8) is 0 Å². The highest BCUT2D eigenvalue weighted by molar-refractivity contribution is 5.66. The second kappa shape index (κ2) is 7.00. The van der Waals surface area contributed by atoms with Crippen molar-refractivity contribution >= 4 is 5.57 Å². The number of benzene rings is 2. The predicted molar refractivity (Wildman–Crippen MR) is 101 cm³/mol. The molecule has 118 valence electrons. The Morgan fingerprint density at radius 3 is 2.74 bits per heavy atom. The average molecular weight is 302 g/mol. The van der Waals surface area contributed by atoms with Crippen LogP contribution in [-0.2, 0) is 6.42 Å². The smallest absolute Gasteiger partial charge is 0.00949 e. The summed E-state index contributed by atoms with van der Waals surface area (Å²) < 4.78 is 0. The quantitative estimate of drug-likeness (QED) is 0.577. The van der Waals surface area contributed by atoms with Gasteiger partial charge in [-0.05, 0) is 60.4 Å². The molecular weight excluding hydrogens is 276 g/mol. The van der Waals surface area contributed by atoms with Crippen LogP contribution in [0.5, 0.6) is 0 Å². The van der Waals surface area contributed by atoms with Gasteiger partial charge in [-0.1, -0.05) is 73.7 Å². The third-order valence-corrected chi connectivity index (χ3v) is 4.92. The fourth-order valence-corrected chi connectivity index (χ4v) is 3.70. The Morgan fingerprint density at radius 2 is 1.91 bits per heavy atom. The van der Waals surface area contributed by atoms with Gasteiger partial charge in [0.2, 0.25) is 0 Å². The van der Waals surface area contributed by atoms with E-state index in [1.54, 1.807) is 0 Å². The highest BCUT2D eigenvalue weighted by atomic mass is 14.3. The van der Waals surface area contributed by atoms with E-state index in [4.69, 9.17) is 0 Å². The Bertz CT molecular complexity index is 733. The first-order valence-electron chi connectivity index (χ1n) is 8.66. The molecule has 0 heterocycles. The fourth-order valence-electron chi connectivity index (χ4n) is 3.70. The molecule has 0 amide bonds. The first-order valence-corrected chi connectivity index (χ1v) is 8.66. The Hall–Kier alpha value is -2.08. The van der Waals surface area contributed by atoms with Crippen molar-refractivity contribution < 1.29 is 0 Å². The maximum Gasteiger partial charge on any atom is 0.00949 e. The van der Waals surface area contributed by atoms with Crippen LogP contribution in [0.15, 0.2) is 66.8 Å². The lowest BCUT2D eigenvalue weighted by Gasteiger charge is -2.30. The minimum absolute atomic E-state index is 0.532. The van der Waals surface area contributed by atoms with Gasteiger partial charge in [0.1, 0.15) is 0 Å². The lowest BCUT2D eigenvalue weighted by atomic mass is 9.74. The van der Waals surface area contributed by atoms with Crippen molar-refractivity contribution in [2.45, 2.75) is 39.5 Å². The van der Waals surface area contributed by atoms with Crippen LogP contribution in [0.25, 0.3) is 5.57 Å². The van der Waals surface area contributed by atoms with Gasteiger partial charge in [0.25, 0.3) is 0 Å². The molecule has 2 aromatic carbocycles. The summed E-state index contributed by atoms with van der Waals surface area (Å²) in [6.45, 7) is 6.63. The molecule has 0 spiro atoms. The zero-order valence-electron chi connectivity index (χ0n) is 14.4. The lowest BCUT2D eigenvalue weighted by molar-refractivity contribution is 0.464. The van der Waals surface area contributed by atoms with Crippen LogP contribution >= 0.6 is 0 Å². The van der Waals surface area contributed by atoms with E-state index >= 15 is 0 Å². The molecule has 0 saturated heterocycles. The van der Waals surface area contributed by atoms with Gasteiger partial charge in [-0.25, -0.2) is 0 Å².